The van der Waals surface area contributed by atoms with Crippen LogP contribution in [0.1, 0.15) is 0 Å². The summed E-state index contributed by atoms with van der Waals surface area (Å²) in [6.07, 6.45) is 1.25. The lowest BCUT2D eigenvalue weighted by atomic mass is 10.4. The van der Waals surface area contributed by atoms with Gasteiger partial charge in [-0.05, 0) is 11.6 Å². The summed E-state index contributed by atoms with van der Waals surface area (Å²) in [7, 11) is 0. The molecule has 0 aromatic heterocycles. The van der Waals surface area contributed by atoms with Gasteiger partial charge in [0.1, 0.15) is 0 Å². The van der Waals surface area contributed by atoms with Crippen molar-refractivity contribution in [2.24, 2.45) is 9.98 Å². The standard InChI is InChI=1S/C4H2Cl4N2/c5-2-4(7,8)1-9-3(6)10-2/h1-2H. The summed E-state index contributed by atoms with van der Waals surface area (Å²) in [4.78, 5) is 7.20. The predicted molar refractivity (Wildman–Crippen MR) is 45.9 cm³/mol. The molecule has 0 N–H and O–H groups in total. The van der Waals surface area contributed by atoms with E-state index in [4.69, 9.17) is 46.4 Å². The van der Waals surface area contributed by atoms with Gasteiger partial charge in [0.15, 0.2) is 9.83 Å². The van der Waals surface area contributed by atoms with Crippen molar-refractivity contribution in [3.8, 4) is 0 Å². The summed E-state index contributed by atoms with van der Waals surface area (Å²) in [5.41, 5.74) is -0.763. The molecule has 0 saturated heterocycles. The van der Waals surface area contributed by atoms with E-state index in [0.717, 1.165) is 0 Å². The first-order valence-electron chi connectivity index (χ1n) is 2.33. The molecular weight excluding hydrogens is 218 g/mol. The summed E-state index contributed by atoms with van der Waals surface area (Å²) in [6.45, 7) is 0. The maximum absolute atomic E-state index is 5.61. The van der Waals surface area contributed by atoms with Crippen LogP contribution in [0.3, 0.4) is 0 Å². The Hall–Kier alpha value is 0.500. The number of hydrogen-bond acceptors (Lipinski definition) is 2. The van der Waals surface area contributed by atoms with E-state index in [0.29, 0.717) is 0 Å². The third-order valence-electron chi connectivity index (χ3n) is 0.881. The van der Waals surface area contributed by atoms with Crippen LogP contribution in [0.4, 0.5) is 0 Å². The van der Waals surface area contributed by atoms with Crippen molar-refractivity contribution >= 4 is 57.9 Å². The summed E-state index contributed by atoms with van der Waals surface area (Å²) in [5, 5.41) is 0.0666. The average Bonchev–Trinajstić information content (AvgIpc) is 1.81. The van der Waals surface area contributed by atoms with Crippen molar-refractivity contribution in [1.82, 2.24) is 0 Å². The van der Waals surface area contributed by atoms with E-state index >= 15 is 0 Å². The van der Waals surface area contributed by atoms with Gasteiger partial charge in [-0.15, -0.1) is 0 Å². The number of nitrogens with zero attached hydrogens (tertiary/aromatic N) is 2. The first-order chi connectivity index (χ1) is 4.52. The van der Waals surface area contributed by atoms with Crippen LogP contribution in [0, 0.1) is 0 Å². The van der Waals surface area contributed by atoms with Crippen molar-refractivity contribution < 1.29 is 0 Å². The average molecular weight is 220 g/mol. The van der Waals surface area contributed by atoms with Crippen LogP contribution < -0.4 is 0 Å². The van der Waals surface area contributed by atoms with Crippen LogP contribution in [0.2, 0.25) is 0 Å². The lowest BCUT2D eigenvalue weighted by molar-refractivity contribution is 0.902. The minimum Gasteiger partial charge on any atom is -0.233 e. The van der Waals surface area contributed by atoms with Crippen molar-refractivity contribution in [3.63, 3.8) is 0 Å². The summed E-state index contributed by atoms with van der Waals surface area (Å²) < 4.78 is -1.24. The first kappa shape index (κ1) is 8.60. The van der Waals surface area contributed by atoms with Crippen LogP contribution in [-0.2, 0) is 0 Å². The van der Waals surface area contributed by atoms with Gasteiger partial charge >= 0.3 is 0 Å². The number of aliphatic imine (C=N–C) groups is 2. The van der Waals surface area contributed by atoms with Gasteiger partial charge in [-0.25, -0.2) is 9.98 Å². The molecule has 1 aliphatic heterocycles. The highest BCUT2D eigenvalue weighted by Gasteiger charge is 2.34. The third kappa shape index (κ3) is 1.76. The number of amidine groups is 1. The Balaban J connectivity index is 2.84. The summed E-state index contributed by atoms with van der Waals surface area (Å²) in [5.74, 6) is 0. The second-order valence-corrected chi connectivity index (χ2v) is 3.86. The molecule has 1 heterocycles. The van der Waals surface area contributed by atoms with Crippen LogP contribution >= 0.6 is 46.4 Å². The Kier molecular flexibility index (Phi) is 2.46. The quantitative estimate of drug-likeness (QED) is 0.442. The van der Waals surface area contributed by atoms with E-state index in [1.807, 2.05) is 0 Å². The smallest absolute Gasteiger partial charge is 0.219 e. The van der Waals surface area contributed by atoms with Gasteiger partial charge < -0.3 is 0 Å². The Morgan fingerprint density at radius 2 is 2.10 bits per heavy atom. The molecule has 0 aromatic rings. The fraction of sp³-hybridized carbons (Fsp3) is 0.500. The SMILES string of the molecule is ClC1=NC(Cl)C(Cl)(Cl)C=N1. The maximum atomic E-state index is 5.61. The normalized spacial score (nSPS) is 30.0. The van der Waals surface area contributed by atoms with Crippen LogP contribution in [0.25, 0.3) is 0 Å². The molecule has 0 spiro atoms. The van der Waals surface area contributed by atoms with Gasteiger partial charge in [0.25, 0.3) is 0 Å². The Bertz CT molecular complexity index is 197. The van der Waals surface area contributed by atoms with Crippen LogP contribution in [-0.4, -0.2) is 21.3 Å². The molecule has 0 radical (unpaired) electrons. The van der Waals surface area contributed by atoms with E-state index in [1.165, 1.54) is 6.21 Å². The molecule has 1 atom stereocenters. The van der Waals surface area contributed by atoms with Crippen molar-refractivity contribution in [2.75, 3.05) is 0 Å². The van der Waals surface area contributed by atoms with E-state index in [-0.39, 0.29) is 5.29 Å². The molecule has 1 rings (SSSR count). The molecule has 56 valence electrons. The largest absolute Gasteiger partial charge is 0.233 e. The van der Waals surface area contributed by atoms with E-state index in [1.54, 1.807) is 0 Å². The highest BCUT2D eigenvalue weighted by molar-refractivity contribution is 6.68. The monoisotopic (exact) mass is 218 g/mol. The Morgan fingerprint density at radius 1 is 1.50 bits per heavy atom. The van der Waals surface area contributed by atoms with Crippen molar-refractivity contribution in [1.29, 1.82) is 0 Å². The molecule has 0 amide bonds. The lowest BCUT2D eigenvalue weighted by Crippen LogP contribution is -2.30. The predicted octanol–water partition coefficient (Wildman–Crippen LogP) is 2.40. The van der Waals surface area contributed by atoms with E-state index in [2.05, 4.69) is 9.98 Å². The second-order valence-electron chi connectivity index (χ2n) is 1.67. The molecule has 1 aliphatic rings. The molecule has 10 heavy (non-hydrogen) atoms. The number of rotatable bonds is 0. The minimum absolute atomic E-state index is 0.0666. The van der Waals surface area contributed by atoms with Gasteiger partial charge in [0.2, 0.25) is 5.29 Å². The summed E-state index contributed by atoms with van der Waals surface area (Å²) >= 11 is 22.2. The number of halogens is 4. The molecule has 2 nitrogen and oxygen atoms in total. The van der Waals surface area contributed by atoms with Gasteiger partial charge in [-0.2, -0.15) is 0 Å². The second kappa shape index (κ2) is 2.86. The summed E-state index contributed by atoms with van der Waals surface area (Å²) in [6, 6.07) is 0. The van der Waals surface area contributed by atoms with Gasteiger partial charge in [0.05, 0.1) is 0 Å². The molecule has 0 saturated carbocycles. The van der Waals surface area contributed by atoms with Crippen molar-refractivity contribution in [2.45, 2.75) is 9.83 Å². The van der Waals surface area contributed by atoms with Crippen LogP contribution in [0.5, 0.6) is 0 Å². The van der Waals surface area contributed by atoms with E-state index in [9.17, 15) is 0 Å². The molecule has 6 heteroatoms. The third-order valence-corrected chi connectivity index (χ3v) is 2.35. The van der Waals surface area contributed by atoms with Gasteiger partial charge in [-0.3, -0.25) is 0 Å². The zero-order valence-electron chi connectivity index (χ0n) is 4.56. The Morgan fingerprint density at radius 3 is 2.50 bits per heavy atom. The zero-order valence-corrected chi connectivity index (χ0v) is 7.58. The van der Waals surface area contributed by atoms with E-state index < -0.39 is 9.83 Å². The fourth-order valence-corrected chi connectivity index (χ4v) is 0.954. The molecule has 0 aliphatic carbocycles. The number of alkyl halides is 3. The molecule has 0 fully saturated rings. The zero-order chi connectivity index (χ0) is 7.78. The molecule has 1 unspecified atom stereocenters. The molecule has 0 aromatic carbocycles. The van der Waals surface area contributed by atoms with Crippen LogP contribution in [0.15, 0.2) is 9.98 Å². The fourth-order valence-electron chi connectivity index (χ4n) is 0.414. The molecule has 0 bridgehead atoms. The lowest BCUT2D eigenvalue weighted by Gasteiger charge is -2.19. The Labute approximate surface area is 77.8 Å². The molecular formula is C4H2Cl4N2. The number of hydrogen-bond donors (Lipinski definition) is 0. The minimum atomic E-state index is -1.24. The first-order valence-corrected chi connectivity index (χ1v) is 3.90. The topological polar surface area (TPSA) is 24.7 Å². The van der Waals surface area contributed by atoms with Gasteiger partial charge in [0, 0.05) is 6.21 Å². The highest BCUT2D eigenvalue weighted by atomic mass is 35.5. The maximum Gasteiger partial charge on any atom is 0.219 e. The highest BCUT2D eigenvalue weighted by Crippen LogP contribution is 2.31. The van der Waals surface area contributed by atoms with Crippen molar-refractivity contribution in [3.05, 3.63) is 0 Å². The van der Waals surface area contributed by atoms with Gasteiger partial charge in [-0.1, -0.05) is 34.8 Å².